The maximum Gasteiger partial charge on any atom is 0.193 e. The summed E-state index contributed by atoms with van der Waals surface area (Å²) in [5.41, 5.74) is 6.84. The maximum atomic E-state index is 10.0. The lowest BCUT2D eigenvalue weighted by Gasteiger charge is -1.99. The molecule has 0 atom stereocenters. The van der Waals surface area contributed by atoms with Gasteiger partial charge in [0.05, 0.1) is 0 Å². The molecule has 64 valence electrons. The van der Waals surface area contributed by atoms with Gasteiger partial charge in [-0.2, -0.15) is 0 Å². The Morgan fingerprint density at radius 1 is 1.46 bits per heavy atom. The van der Waals surface area contributed by atoms with Crippen LogP contribution in [0.5, 0.6) is 0 Å². The van der Waals surface area contributed by atoms with Crippen molar-refractivity contribution < 1.29 is 4.79 Å². The molecule has 0 radical (unpaired) electrons. The van der Waals surface area contributed by atoms with Crippen molar-refractivity contribution >= 4 is 23.5 Å². The predicted octanol–water partition coefficient (Wildman–Crippen LogP) is 0.871. The second kappa shape index (κ2) is 4.39. The number of carbonyl (C=O) groups excluding carboxylic acids is 1. The van der Waals surface area contributed by atoms with Crippen LogP contribution in [-0.2, 0) is 4.79 Å². The maximum absolute atomic E-state index is 10.0. The summed E-state index contributed by atoms with van der Waals surface area (Å²) in [7, 11) is 0. The highest BCUT2D eigenvalue weighted by Gasteiger charge is 1.99. The van der Waals surface area contributed by atoms with Crippen LogP contribution >= 0.6 is 12.2 Å². The number of rotatable bonds is 1. The highest BCUT2D eigenvalue weighted by Crippen LogP contribution is 2.06. The fourth-order valence-electron chi connectivity index (χ4n) is 0.914. The normalized spacial score (nSPS) is 8.31. The Bertz CT molecular complexity index is 401. The van der Waals surface area contributed by atoms with Gasteiger partial charge in [0.2, 0.25) is 0 Å². The topological polar surface area (TPSA) is 43.1 Å². The van der Waals surface area contributed by atoms with E-state index in [1.807, 2.05) is 12.1 Å². The molecule has 13 heavy (non-hydrogen) atoms. The van der Waals surface area contributed by atoms with Gasteiger partial charge in [-0.15, -0.1) is 0 Å². The first-order chi connectivity index (χ1) is 6.25. The molecule has 0 unspecified atom stereocenters. The fraction of sp³-hybridized carbons (Fsp3) is 0. The summed E-state index contributed by atoms with van der Waals surface area (Å²) >= 11 is 4.82. The minimum atomic E-state index is 0.288. The molecule has 0 spiro atoms. The summed E-state index contributed by atoms with van der Waals surface area (Å²) in [4.78, 5) is 10.3. The molecule has 0 saturated heterocycles. The van der Waals surface area contributed by atoms with Crippen molar-refractivity contribution in [2.24, 2.45) is 5.73 Å². The van der Waals surface area contributed by atoms with Gasteiger partial charge in [0.15, 0.2) is 6.29 Å². The largest absolute Gasteiger partial charge is 0.389 e. The molecule has 0 bridgehead atoms. The van der Waals surface area contributed by atoms with E-state index in [0.717, 1.165) is 0 Å². The standard InChI is InChI=1S/C10H7NOS/c11-10(13)9-6-2-1-4-8(9)5-3-7-12/h1-2,4,6-7H,(H2,11,13). The molecule has 2 N–H and O–H groups in total. The molecule has 0 aliphatic rings. The van der Waals surface area contributed by atoms with Gasteiger partial charge in [0, 0.05) is 11.1 Å². The molecule has 1 aromatic carbocycles. The van der Waals surface area contributed by atoms with Crippen LogP contribution in [0.2, 0.25) is 0 Å². The predicted molar refractivity (Wildman–Crippen MR) is 55.3 cm³/mol. The summed E-state index contributed by atoms with van der Waals surface area (Å²) in [5, 5.41) is 0. The lowest BCUT2D eigenvalue weighted by atomic mass is 10.1. The van der Waals surface area contributed by atoms with Crippen LogP contribution in [0.15, 0.2) is 24.3 Å². The first-order valence-corrected chi connectivity index (χ1v) is 4.00. The molecule has 3 heteroatoms. The molecule has 1 rings (SSSR count). The molecule has 0 amide bonds. The van der Waals surface area contributed by atoms with Crippen molar-refractivity contribution in [3.05, 3.63) is 35.4 Å². The Balaban J connectivity index is 3.19. The minimum absolute atomic E-state index is 0.288. The number of hydrogen-bond donors (Lipinski definition) is 1. The molecule has 0 heterocycles. The first kappa shape index (κ1) is 9.43. The van der Waals surface area contributed by atoms with Crippen LogP contribution in [0.25, 0.3) is 0 Å². The van der Waals surface area contributed by atoms with Gasteiger partial charge in [-0.25, -0.2) is 0 Å². The van der Waals surface area contributed by atoms with Gasteiger partial charge in [-0.3, -0.25) is 4.79 Å². The highest BCUT2D eigenvalue weighted by molar-refractivity contribution is 7.80. The third-order valence-electron chi connectivity index (χ3n) is 1.46. The van der Waals surface area contributed by atoms with Crippen LogP contribution in [0.1, 0.15) is 11.1 Å². The smallest absolute Gasteiger partial charge is 0.193 e. The minimum Gasteiger partial charge on any atom is -0.389 e. The molecule has 0 fully saturated rings. The number of benzene rings is 1. The molecule has 0 saturated carbocycles. The van der Waals surface area contributed by atoms with Crippen molar-refractivity contribution in [2.45, 2.75) is 0 Å². The van der Waals surface area contributed by atoms with Crippen molar-refractivity contribution in [3.63, 3.8) is 0 Å². The Labute approximate surface area is 81.8 Å². The molecular weight excluding hydrogens is 182 g/mol. The van der Waals surface area contributed by atoms with Crippen molar-refractivity contribution in [2.75, 3.05) is 0 Å². The number of nitrogens with two attached hydrogens (primary N) is 1. The van der Waals surface area contributed by atoms with Crippen LogP contribution in [0.4, 0.5) is 0 Å². The zero-order chi connectivity index (χ0) is 9.68. The Kier molecular flexibility index (Phi) is 3.18. The van der Waals surface area contributed by atoms with Crippen LogP contribution in [-0.4, -0.2) is 11.3 Å². The summed E-state index contributed by atoms with van der Waals surface area (Å²) in [5.74, 6) is 4.97. The summed E-state index contributed by atoms with van der Waals surface area (Å²) in [6.07, 6.45) is 0.538. The fourth-order valence-corrected chi connectivity index (χ4v) is 1.09. The molecule has 0 aliphatic heterocycles. The number of aldehydes is 1. The SMILES string of the molecule is NC(=S)c1ccccc1C#CC=O. The van der Waals surface area contributed by atoms with Crippen molar-refractivity contribution in [1.29, 1.82) is 0 Å². The molecule has 0 aliphatic carbocycles. The van der Waals surface area contributed by atoms with Crippen LogP contribution < -0.4 is 5.73 Å². The van der Waals surface area contributed by atoms with Crippen LogP contribution in [0, 0.1) is 11.8 Å². The molecule has 2 nitrogen and oxygen atoms in total. The second-order valence-electron chi connectivity index (χ2n) is 2.30. The van der Waals surface area contributed by atoms with E-state index in [9.17, 15) is 4.79 Å². The van der Waals surface area contributed by atoms with E-state index in [4.69, 9.17) is 18.0 Å². The second-order valence-corrected chi connectivity index (χ2v) is 2.74. The molecule has 0 aromatic heterocycles. The van der Waals surface area contributed by atoms with Gasteiger partial charge in [-0.05, 0) is 12.0 Å². The Hall–Kier alpha value is -1.66. The Morgan fingerprint density at radius 2 is 2.15 bits per heavy atom. The number of carbonyl (C=O) groups is 1. The third kappa shape index (κ3) is 2.39. The van der Waals surface area contributed by atoms with E-state index in [2.05, 4.69) is 11.8 Å². The van der Waals surface area contributed by atoms with Gasteiger partial charge in [-0.1, -0.05) is 36.3 Å². The van der Waals surface area contributed by atoms with Crippen molar-refractivity contribution in [1.82, 2.24) is 0 Å². The van der Waals surface area contributed by atoms with Gasteiger partial charge in [0.1, 0.15) is 4.99 Å². The molecular formula is C10H7NOS. The highest BCUT2D eigenvalue weighted by atomic mass is 32.1. The van der Waals surface area contributed by atoms with E-state index < -0.39 is 0 Å². The summed E-state index contributed by atoms with van der Waals surface area (Å²) in [6.45, 7) is 0. The zero-order valence-electron chi connectivity index (χ0n) is 6.78. The molecule has 1 aromatic rings. The first-order valence-electron chi connectivity index (χ1n) is 3.59. The lowest BCUT2D eigenvalue weighted by molar-refractivity contribution is -0.103. The van der Waals surface area contributed by atoms with Gasteiger partial charge < -0.3 is 5.73 Å². The van der Waals surface area contributed by atoms with E-state index in [0.29, 0.717) is 17.4 Å². The van der Waals surface area contributed by atoms with Gasteiger partial charge >= 0.3 is 0 Å². The quantitative estimate of drug-likeness (QED) is 0.405. The van der Waals surface area contributed by atoms with Crippen LogP contribution in [0.3, 0.4) is 0 Å². The zero-order valence-corrected chi connectivity index (χ0v) is 7.60. The average molecular weight is 189 g/mol. The van der Waals surface area contributed by atoms with Crippen molar-refractivity contribution in [3.8, 4) is 11.8 Å². The van der Waals surface area contributed by atoms with E-state index in [1.165, 1.54) is 0 Å². The Morgan fingerprint density at radius 3 is 2.77 bits per heavy atom. The average Bonchev–Trinajstić information content (AvgIpc) is 2.15. The monoisotopic (exact) mass is 189 g/mol. The number of hydrogen-bond acceptors (Lipinski definition) is 2. The number of thiocarbonyl (C=S) groups is 1. The lowest BCUT2D eigenvalue weighted by Crippen LogP contribution is -2.10. The van der Waals surface area contributed by atoms with E-state index >= 15 is 0 Å². The van der Waals surface area contributed by atoms with Gasteiger partial charge in [0.25, 0.3) is 0 Å². The summed E-state index contributed by atoms with van der Waals surface area (Å²) in [6, 6.07) is 7.18. The summed E-state index contributed by atoms with van der Waals surface area (Å²) < 4.78 is 0. The van der Waals surface area contributed by atoms with E-state index in [-0.39, 0.29) is 4.99 Å². The van der Waals surface area contributed by atoms with E-state index in [1.54, 1.807) is 12.1 Å². The third-order valence-corrected chi connectivity index (χ3v) is 1.68.